The van der Waals surface area contributed by atoms with Gasteiger partial charge in [-0.25, -0.2) is 0 Å². The first-order valence-electron chi connectivity index (χ1n) is 8.77. The average Bonchev–Trinajstić information content (AvgIpc) is 2.70. The quantitative estimate of drug-likeness (QED) is 0.416. The summed E-state index contributed by atoms with van der Waals surface area (Å²) < 4.78 is 21.2. The van der Waals surface area contributed by atoms with Gasteiger partial charge in [-0.05, 0) is 24.6 Å². The van der Waals surface area contributed by atoms with Crippen molar-refractivity contribution < 1.29 is 28.8 Å². The number of benzene rings is 1. The molecule has 1 aliphatic heterocycles. The van der Waals surface area contributed by atoms with E-state index in [0.29, 0.717) is 34.3 Å². The second kappa shape index (κ2) is 8.73. The van der Waals surface area contributed by atoms with Gasteiger partial charge in [0.1, 0.15) is 0 Å². The number of allylic oxidation sites excluding steroid dienone is 1. The van der Waals surface area contributed by atoms with E-state index in [-0.39, 0.29) is 23.6 Å². The lowest BCUT2D eigenvalue weighted by molar-refractivity contribution is -0.128. The van der Waals surface area contributed by atoms with Crippen LogP contribution in [0.3, 0.4) is 0 Å². The Morgan fingerprint density at radius 3 is 2.14 bits per heavy atom. The van der Waals surface area contributed by atoms with Gasteiger partial charge < -0.3 is 29.0 Å². The van der Waals surface area contributed by atoms with Gasteiger partial charge in [0.25, 0.3) is 0 Å². The molecule has 1 saturated heterocycles. The van der Waals surface area contributed by atoms with Crippen molar-refractivity contribution in [1.82, 2.24) is 0 Å². The Balaban J connectivity index is 2.44. The van der Waals surface area contributed by atoms with Crippen LogP contribution in [0.1, 0.15) is 13.8 Å². The molecule has 28 heavy (non-hydrogen) atoms. The molecule has 0 aromatic heterocycles. The number of nitrogens with zero attached hydrogens (tertiary/aromatic N) is 1. The third-order valence-electron chi connectivity index (χ3n) is 4.74. The first kappa shape index (κ1) is 21.2. The van der Waals surface area contributed by atoms with Gasteiger partial charge in [-0.15, -0.1) is 0 Å². The van der Waals surface area contributed by atoms with Crippen LogP contribution in [-0.4, -0.2) is 45.5 Å². The van der Waals surface area contributed by atoms with Crippen LogP contribution in [0.25, 0.3) is 0 Å². The zero-order valence-corrected chi connectivity index (χ0v) is 17.1. The highest BCUT2D eigenvalue weighted by atomic mass is 16.5. The number of aliphatic hydroxyl groups excluding tert-OH is 1. The number of hydrogen-bond donors (Lipinski definition) is 1. The standard InChI is InChI=1S/C21H27NO6/c1-8-16(25-4)15(23)9-12(2)19-13(3)21(24)22(19)14-10-17(26-5)20(28-7)18(11-14)27-6/h8-11,13,19,23H,2H2,1,3-7H3/b15-9+,16-8+/t13-,19+/m0/s1. The van der Waals surface area contributed by atoms with Crippen LogP contribution in [0.4, 0.5) is 5.69 Å². The lowest BCUT2D eigenvalue weighted by Gasteiger charge is -2.46. The van der Waals surface area contributed by atoms with Crippen molar-refractivity contribution in [2.24, 2.45) is 5.92 Å². The van der Waals surface area contributed by atoms with E-state index in [1.165, 1.54) is 34.5 Å². The molecule has 2 rings (SSSR count). The van der Waals surface area contributed by atoms with E-state index in [9.17, 15) is 9.90 Å². The van der Waals surface area contributed by atoms with Gasteiger partial charge in [0, 0.05) is 12.1 Å². The summed E-state index contributed by atoms with van der Waals surface area (Å²) in [5, 5.41) is 10.2. The van der Waals surface area contributed by atoms with Gasteiger partial charge in [0.05, 0.1) is 46.1 Å². The Labute approximate surface area is 165 Å². The number of β-lactam (4-membered cyclic amide) rings is 1. The maximum absolute atomic E-state index is 12.6. The maximum atomic E-state index is 12.6. The van der Waals surface area contributed by atoms with E-state index in [1.54, 1.807) is 30.0 Å². The van der Waals surface area contributed by atoms with Crippen LogP contribution in [0.5, 0.6) is 17.2 Å². The molecule has 1 amide bonds. The molecule has 0 spiro atoms. The summed E-state index contributed by atoms with van der Waals surface area (Å²) >= 11 is 0. The lowest BCUT2D eigenvalue weighted by atomic mass is 9.83. The van der Waals surface area contributed by atoms with Crippen LogP contribution in [0, 0.1) is 5.92 Å². The largest absolute Gasteiger partial charge is 0.504 e. The van der Waals surface area contributed by atoms with Gasteiger partial charge in [-0.1, -0.05) is 13.5 Å². The highest BCUT2D eigenvalue weighted by Gasteiger charge is 2.46. The van der Waals surface area contributed by atoms with Crippen LogP contribution in [-0.2, 0) is 9.53 Å². The van der Waals surface area contributed by atoms with E-state index in [4.69, 9.17) is 18.9 Å². The van der Waals surface area contributed by atoms with Crippen molar-refractivity contribution in [3.63, 3.8) is 0 Å². The number of hydrogen-bond acceptors (Lipinski definition) is 6. The zero-order valence-electron chi connectivity index (χ0n) is 17.1. The summed E-state index contributed by atoms with van der Waals surface area (Å²) in [5.41, 5.74) is 1.17. The van der Waals surface area contributed by atoms with Crippen LogP contribution in [0.2, 0.25) is 0 Å². The SMILES string of the molecule is C=C(/C=C(O)\C(=C/C)OC)[C@@H]1[C@H](C)C(=O)N1c1cc(OC)c(OC)c(OC)c1. The number of aliphatic hydroxyl groups is 1. The van der Waals surface area contributed by atoms with Crippen LogP contribution >= 0.6 is 0 Å². The molecule has 0 aliphatic carbocycles. The number of methoxy groups -OCH3 is 4. The molecule has 152 valence electrons. The average molecular weight is 389 g/mol. The number of rotatable bonds is 8. The summed E-state index contributed by atoms with van der Waals surface area (Å²) in [6, 6.07) is 3.09. The fourth-order valence-electron chi connectivity index (χ4n) is 3.32. The predicted octanol–water partition coefficient (Wildman–Crippen LogP) is 3.61. The summed E-state index contributed by atoms with van der Waals surface area (Å²) in [7, 11) is 6.02. The minimum atomic E-state index is -0.326. The molecule has 0 unspecified atom stereocenters. The Hall–Kier alpha value is -3.09. The van der Waals surface area contributed by atoms with E-state index in [1.807, 2.05) is 6.92 Å². The van der Waals surface area contributed by atoms with Crippen LogP contribution in [0.15, 0.2) is 48.0 Å². The monoisotopic (exact) mass is 389 g/mol. The molecule has 1 aliphatic rings. The Morgan fingerprint density at radius 2 is 1.71 bits per heavy atom. The fraction of sp³-hybridized carbons (Fsp3) is 0.381. The molecular formula is C21H27NO6. The molecule has 1 aromatic carbocycles. The predicted molar refractivity (Wildman–Crippen MR) is 107 cm³/mol. The van der Waals surface area contributed by atoms with E-state index < -0.39 is 0 Å². The molecule has 2 atom stereocenters. The molecule has 1 N–H and O–H groups in total. The van der Waals surface area contributed by atoms with Gasteiger partial charge in [0.15, 0.2) is 23.0 Å². The van der Waals surface area contributed by atoms with Crippen molar-refractivity contribution in [3.8, 4) is 17.2 Å². The normalized spacial score (nSPS) is 19.8. The third kappa shape index (κ3) is 3.65. The summed E-state index contributed by atoms with van der Waals surface area (Å²) in [4.78, 5) is 14.2. The Morgan fingerprint density at radius 1 is 1.14 bits per heavy atom. The maximum Gasteiger partial charge on any atom is 0.232 e. The number of amides is 1. The van der Waals surface area contributed by atoms with Crippen LogP contribution < -0.4 is 19.1 Å². The molecular weight excluding hydrogens is 362 g/mol. The molecule has 0 saturated carbocycles. The van der Waals surface area contributed by atoms with Crippen molar-refractivity contribution in [3.05, 3.63) is 48.0 Å². The smallest absolute Gasteiger partial charge is 0.232 e. The second-order valence-electron chi connectivity index (χ2n) is 6.29. The Kier molecular flexibility index (Phi) is 6.62. The summed E-state index contributed by atoms with van der Waals surface area (Å²) in [5.74, 6) is 1.27. The summed E-state index contributed by atoms with van der Waals surface area (Å²) in [6.45, 7) is 7.62. The molecule has 0 bridgehead atoms. The number of carbonyl (C=O) groups excluding carboxylic acids is 1. The first-order valence-corrected chi connectivity index (χ1v) is 8.77. The van der Waals surface area contributed by atoms with E-state index >= 15 is 0 Å². The van der Waals surface area contributed by atoms with Gasteiger partial charge in [-0.3, -0.25) is 4.79 Å². The van der Waals surface area contributed by atoms with Crippen molar-refractivity contribution >= 4 is 11.6 Å². The minimum absolute atomic E-state index is 0.0496. The van der Waals surface area contributed by atoms with Gasteiger partial charge in [0.2, 0.25) is 11.7 Å². The zero-order chi connectivity index (χ0) is 21.0. The number of anilines is 1. The van der Waals surface area contributed by atoms with E-state index in [2.05, 4.69) is 6.58 Å². The highest BCUT2D eigenvalue weighted by molar-refractivity contribution is 6.04. The Bertz CT molecular complexity index is 801. The number of ether oxygens (including phenoxy) is 4. The van der Waals surface area contributed by atoms with Gasteiger partial charge >= 0.3 is 0 Å². The fourth-order valence-corrected chi connectivity index (χ4v) is 3.32. The molecule has 1 heterocycles. The molecule has 1 aromatic rings. The number of carbonyl (C=O) groups is 1. The lowest BCUT2D eigenvalue weighted by Crippen LogP contribution is -2.60. The first-order chi connectivity index (χ1) is 13.3. The highest BCUT2D eigenvalue weighted by Crippen LogP contribution is 2.45. The van der Waals surface area contributed by atoms with Crippen molar-refractivity contribution in [1.29, 1.82) is 0 Å². The molecule has 0 radical (unpaired) electrons. The van der Waals surface area contributed by atoms with Gasteiger partial charge in [-0.2, -0.15) is 0 Å². The van der Waals surface area contributed by atoms with Crippen molar-refractivity contribution in [2.45, 2.75) is 19.9 Å². The summed E-state index contributed by atoms with van der Waals surface area (Å²) in [6.07, 6.45) is 3.16. The third-order valence-corrected chi connectivity index (χ3v) is 4.74. The topological polar surface area (TPSA) is 77.5 Å². The van der Waals surface area contributed by atoms with E-state index in [0.717, 1.165) is 0 Å². The van der Waals surface area contributed by atoms with Crippen molar-refractivity contribution in [2.75, 3.05) is 33.3 Å². The molecule has 1 fully saturated rings. The molecule has 7 nitrogen and oxygen atoms in total. The second-order valence-corrected chi connectivity index (χ2v) is 6.29. The minimum Gasteiger partial charge on any atom is -0.504 e. The molecule has 7 heteroatoms.